The highest BCUT2D eigenvalue weighted by molar-refractivity contribution is 6.33. The lowest BCUT2D eigenvalue weighted by molar-refractivity contribution is 0.0448. The number of methoxy groups -OCH3 is 1. The number of nitrogens with zero attached hydrogens (tertiary/aromatic N) is 1. The standard InChI is InChI=1S/C22H26ClF2N3O3/c1-30-20-13-19(26)18(23)12-17(20)22(29)27-15-6-9-28(10-7-15)11-8-21(25)31-16-4-2-14(24)3-5-16/h2-5,12-13,15,21H,6-11,26H2,1H3,(H,27,29). The molecule has 6 nitrogen and oxygen atoms in total. The molecule has 0 aromatic heterocycles. The lowest BCUT2D eigenvalue weighted by Crippen LogP contribution is -2.45. The maximum absolute atomic E-state index is 14.1. The summed E-state index contributed by atoms with van der Waals surface area (Å²) in [6, 6.07) is 8.30. The molecule has 1 aliphatic rings. The highest BCUT2D eigenvalue weighted by Crippen LogP contribution is 2.29. The van der Waals surface area contributed by atoms with Gasteiger partial charge in [0, 0.05) is 38.2 Å². The number of nitrogens with one attached hydrogen (secondary N) is 1. The Hall–Kier alpha value is -2.58. The van der Waals surface area contributed by atoms with E-state index < -0.39 is 12.2 Å². The third-order valence-corrected chi connectivity index (χ3v) is 5.56. The average molecular weight is 454 g/mol. The van der Waals surface area contributed by atoms with Crippen LogP contribution in [0.1, 0.15) is 29.6 Å². The summed E-state index contributed by atoms with van der Waals surface area (Å²) >= 11 is 6.04. The number of alkyl halides is 1. The molecule has 1 unspecified atom stereocenters. The van der Waals surface area contributed by atoms with Gasteiger partial charge in [-0.2, -0.15) is 0 Å². The highest BCUT2D eigenvalue weighted by Gasteiger charge is 2.23. The van der Waals surface area contributed by atoms with E-state index in [4.69, 9.17) is 26.8 Å². The van der Waals surface area contributed by atoms with Crippen LogP contribution < -0.4 is 20.5 Å². The molecular weight excluding hydrogens is 428 g/mol. The zero-order valence-electron chi connectivity index (χ0n) is 17.2. The van der Waals surface area contributed by atoms with Crippen LogP contribution in [0.4, 0.5) is 14.5 Å². The Morgan fingerprint density at radius 3 is 2.61 bits per heavy atom. The minimum Gasteiger partial charge on any atom is -0.496 e. The van der Waals surface area contributed by atoms with Crippen molar-refractivity contribution in [2.45, 2.75) is 31.7 Å². The monoisotopic (exact) mass is 453 g/mol. The van der Waals surface area contributed by atoms with Gasteiger partial charge in [-0.3, -0.25) is 4.79 Å². The van der Waals surface area contributed by atoms with Crippen molar-refractivity contribution in [3.05, 3.63) is 52.8 Å². The van der Waals surface area contributed by atoms with Crippen molar-refractivity contribution in [1.29, 1.82) is 0 Å². The van der Waals surface area contributed by atoms with E-state index >= 15 is 0 Å². The third kappa shape index (κ3) is 6.45. The number of carbonyl (C=O) groups is 1. The maximum atomic E-state index is 14.1. The van der Waals surface area contributed by atoms with Crippen LogP contribution in [0.2, 0.25) is 5.02 Å². The number of amides is 1. The fourth-order valence-corrected chi connectivity index (χ4v) is 3.65. The van der Waals surface area contributed by atoms with Crippen molar-refractivity contribution >= 4 is 23.2 Å². The highest BCUT2D eigenvalue weighted by atomic mass is 35.5. The van der Waals surface area contributed by atoms with Crippen LogP contribution >= 0.6 is 11.6 Å². The van der Waals surface area contributed by atoms with Crippen LogP contribution in [0, 0.1) is 5.82 Å². The molecule has 3 N–H and O–H groups in total. The SMILES string of the molecule is COc1cc(N)c(Cl)cc1C(=O)NC1CCN(CCC(F)Oc2ccc(F)cc2)CC1. The Labute approximate surface area is 185 Å². The Balaban J connectivity index is 1.43. The maximum Gasteiger partial charge on any atom is 0.255 e. The second-order valence-electron chi connectivity index (χ2n) is 7.43. The van der Waals surface area contributed by atoms with E-state index in [0.29, 0.717) is 34.3 Å². The summed E-state index contributed by atoms with van der Waals surface area (Å²) in [5.41, 5.74) is 6.44. The number of anilines is 1. The molecule has 1 heterocycles. The first-order chi connectivity index (χ1) is 14.9. The number of halogens is 3. The predicted octanol–water partition coefficient (Wildman–Crippen LogP) is 4.03. The van der Waals surface area contributed by atoms with Crippen molar-refractivity contribution in [3.63, 3.8) is 0 Å². The fraction of sp³-hybridized carbons (Fsp3) is 0.409. The first-order valence-corrected chi connectivity index (χ1v) is 10.5. The van der Waals surface area contributed by atoms with Crippen LogP contribution in [-0.2, 0) is 0 Å². The summed E-state index contributed by atoms with van der Waals surface area (Å²) in [7, 11) is 1.47. The molecule has 0 aliphatic carbocycles. The van der Waals surface area contributed by atoms with Crippen LogP contribution in [0.5, 0.6) is 11.5 Å². The molecule has 0 radical (unpaired) electrons. The average Bonchev–Trinajstić information content (AvgIpc) is 2.76. The lowest BCUT2D eigenvalue weighted by Gasteiger charge is -2.32. The molecular formula is C22H26ClF2N3O3. The van der Waals surface area contributed by atoms with E-state index in [1.165, 1.54) is 43.5 Å². The van der Waals surface area contributed by atoms with E-state index in [0.717, 1.165) is 25.9 Å². The second-order valence-corrected chi connectivity index (χ2v) is 7.84. The van der Waals surface area contributed by atoms with E-state index in [9.17, 15) is 13.6 Å². The van der Waals surface area contributed by atoms with Crippen molar-refractivity contribution in [2.24, 2.45) is 0 Å². The van der Waals surface area contributed by atoms with E-state index in [1.807, 2.05) is 0 Å². The number of ether oxygens (including phenoxy) is 2. The Bertz CT molecular complexity index is 890. The molecule has 0 spiro atoms. The minimum atomic E-state index is -1.47. The number of piperidine rings is 1. The van der Waals surface area contributed by atoms with Crippen molar-refractivity contribution in [3.8, 4) is 11.5 Å². The first kappa shape index (κ1) is 23.1. The quantitative estimate of drug-likeness (QED) is 0.590. The van der Waals surface area contributed by atoms with Crippen LogP contribution in [-0.4, -0.2) is 50.0 Å². The van der Waals surface area contributed by atoms with Crippen LogP contribution in [0.15, 0.2) is 36.4 Å². The largest absolute Gasteiger partial charge is 0.496 e. The second kappa shape index (κ2) is 10.6. The van der Waals surface area contributed by atoms with Crippen LogP contribution in [0.25, 0.3) is 0 Å². The van der Waals surface area contributed by atoms with Gasteiger partial charge in [0.15, 0.2) is 0 Å². The van der Waals surface area contributed by atoms with Gasteiger partial charge in [-0.1, -0.05) is 11.6 Å². The summed E-state index contributed by atoms with van der Waals surface area (Å²) in [4.78, 5) is 14.8. The predicted molar refractivity (Wildman–Crippen MR) is 116 cm³/mol. The number of nitrogens with two attached hydrogens (primary N) is 1. The molecule has 0 saturated carbocycles. The van der Waals surface area contributed by atoms with Gasteiger partial charge in [-0.05, 0) is 43.2 Å². The van der Waals surface area contributed by atoms with Gasteiger partial charge in [-0.25, -0.2) is 8.78 Å². The molecule has 3 rings (SSSR count). The molecule has 168 valence electrons. The third-order valence-electron chi connectivity index (χ3n) is 5.24. The molecule has 0 bridgehead atoms. The number of nitrogen functional groups attached to an aromatic ring is 1. The minimum absolute atomic E-state index is 0.00132. The summed E-state index contributed by atoms with van der Waals surface area (Å²) in [5, 5.41) is 3.30. The van der Waals surface area contributed by atoms with Crippen LogP contribution in [0.3, 0.4) is 0 Å². The topological polar surface area (TPSA) is 76.8 Å². The van der Waals surface area contributed by atoms with Gasteiger partial charge in [-0.15, -0.1) is 0 Å². The van der Waals surface area contributed by atoms with Gasteiger partial charge >= 0.3 is 0 Å². The van der Waals surface area contributed by atoms with Gasteiger partial charge in [0.25, 0.3) is 5.91 Å². The molecule has 9 heteroatoms. The van der Waals surface area contributed by atoms with E-state index in [1.54, 1.807) is 0 Å². The summed E-state index contributed by atoms with van der Waals surface area (Å²) in [6.07, 6.45) is 0.222. The summed E-state index contributed by atoms with van der Waals surface area (Å²) in [6.45, 7) is 1.99. The molecule has 1 atom stereocenters. The summed E-state index contributed by atoms with van der Waals surface area (Å²) in [5.74, 6) is 0.00451. The number of benzene rings is 2. The van der Waals surface area contributed by atoms with Crippen molar-refractivity contribution in [2.75, 3.05) is 32.5 Å². The molecule has 1 amide bonds. The molecule has 1 aliphatic heterocycles. The van der Waals surface area contributed by atoms with Crippen molar-refractivity contribution in [1.82, 2.24) is 10.2 Å². The number of likely N-dealkylation sites (tertiary alicyclic amines) is 1. The molecule has 1 fully saturated rings. The fourth-order valence-electron chi connectivity index (χ4n) is 3.48. The Kier molecular flexibility index (Phi) is 7.92. The molecule has 2 aromatic rings. The normalized spacial score (nSPS) is 16.0. The zero-order valence-corrected chi connectivity index (χ0v) is 18.0. The lowest BCUT2D eigenvalue weighted by atomic mass is 10.0. The zero-order chi connectivity index (χ0) is 22.4. The van der Waals surface area contributed by atoms with Crippen molar-refractivity contribution < 1.29 is 23.0 Å². The van der Waals surface area contributed by atoms with E-state index in [-0.39, 0.29) is 18.4 Å². The summed E-state index contributed by atoms with van der Waals surface area (Å²) < 4.78 is 37.4. The number of hydrogen-bond donors (Lipinski definition) is 2. The number of hydrogen-bond acceptors (Lipinski definition) is 5. The Morgan fingerprint density at radius 2 is 1.97 bits per heavy atom. The van der Waals surface area contributed by atoms with Gasteiger partial charge < -0.3 is 25.4 Å². The molecule has 31 heavy (non-hydrogen) atoms. The number of carbonyl (C=O) groups excluding carboxylic acids is 1. The smallest absolute Gasteiger partial charge is 0.255 e. The van der Waals surface area contributed by atoms with E-state index in [2.05, 4.69) is 10.2 Å². The number of rotatable bonds is 8. The Morgan fingerprint density at radius 1 is 1.29 bits per heavy atom. The molecule has 1 saturated heterocycles. The van der Waals surface area contributed by atoms with Gasteiger partial charge in [0.1, 0.15) is 17.3 Å². The molecule has 2 aromatic carbocycles. The van der Waals surface area contributed by atoms with Gasteiger partial charge in [0.2, 0.25) is 6.36 Å². The first-order valence-electron chi connectivity index (χ1n) is 10.1. The van der Waals surface area contributed by atoms with Gasteiger partial charge in [0.05, 0.1) is 23.4 Å².